The minimum Gasteiger partial charge on any atom is -0.288 e. The van der Waals surface area contributed by atoms with Gasteiger partial charge in [-0.05, 0) is 36.4 Å². The van der Waals surface area contributed by atoms with Gasteiger partial charge < -0.3 is 0 Å². The molecule has 0 saturated heterocycles. The SMILES string of the molecule is CN=C1CN(O)C(c2ccccc2)=c2cc(Cl)ccc2=N1.CN=C1CN(O)C(c2ccccc2)=c2cc(Cl)ccc2=N1. The number of fused-ring (bicyclic) bond motifs is 2. The summed E-state index contributed by atoms with van der Waals surface area (Å²) in [5.74, 6) is 1.12. The van der Waals surface area contributed by atoms with Gasteiger partial charge >= 0.3 is 0 Å². The van der Waals surface area contributed by atoms with Crippen LogP contribution in [-0.4, -0.2) is 59.4 Å². The highest BCUT2D eigenvalue weighted by Gasteiger charge is 2.18. The van der Waals surface area contributed by atoms with Gasteiger partial charge in [-0.15, -0.1) is 0 Å². The number of hydroxylamine groups is 4. The van der Waals surface area contributed by atoms with Crippen LogP contribution in [0.4, 0.5) is 0 Å². The quantitative estimate of drug-likeness (QED) is 0.368. The van der Waals surface area contributed by atoms with E-state index in [-0.39, 0.29) is 13.1 Å². The van der Waals surface area contributed by atoms with E-state index in [0.29, 0.717) is 33.1 Å². The Morgan fingerprint density at radius 3 is 1.33 bits per heavy atom. The fourth-order valence-corrected chi connectivity index (χ4v) is 5.03. The average Bonchev–Trinajstić information content (AvgIpc) is 3.23. The molecule has 10 heteroatoms. The first-order chi connectivity index (χ1) is 20.4. The van der Waals surface area contributed by atoms with Crippen LogP contribution in [0.25, 0.3) is 11.4 Å². The maximum absolute atomic E-state index is 10.5. The minimum absolute atomic E-state index is 0.229. The van der Waals surface area contributed by atoms with Crippen molar-refractivity contribution in [2.24, 2.45) is 20.0 Å². The molecule has 8 nitrogen and oxygen atoms in total. The molecule has 0 spiro atoms. The van der Waals surface area contributed by atoms with E-state index in [4.69, 9.17) is 23.2 Å². The molecule has 0 bridgehead atoms. The van der Waals surface area contributed by atoms with Crippen LogP contribution in [-0.2, 0) is 0 Å². The number of amidine groups is 2. The third-order valence-electron chi connectivity index (χ3n) is 6.64. The summed E-state index contributed by atoms with van der Waals surface area (Å²) in [6, 6.07) is 30.2. The zero-order chi connectivity index (χ0) is 29.6. The molecule has 0 atom stereocenters. The monoisotopic (exact) mass is 598 g/mol. The Balaban J connectivity index is 0.000000168. The van der Waals surface area contributed by atoms with E-state index < -0.39 is 0 Å². The number of halogens is 2. The molecule has 212 valence electrons. The number of hydrogen-bond acceptors (Lipinski definition) is 6. The number of aliphatic imine (C=N–C) groups is 2. The van der Waals surface area contributed by atoms with Gasteiger partial charge in [0, 0.05) is 45.7 Å². The van der Waals surface area contributed by atoms with E-state index in [1.54, 1.807) is 26.2 Å². The third-order valence-corrected chi connectivity index (χ3v) is 7.11. The van der Waals surface area contributed by atoms with Crippen LogP contribution in [0.15, 0.2) is 117 Å². The van der Waals surface area contributed by atoms with Crippen molar-refractivity contribution in [1.29, 1.82) is 0 Å². The Hall–Kier alpha value is -4.34. The second kappa shape index (κ2) is 13.1. The topological polar surface area (TPSA) is 96.4 Å². The summed E-state index contributed by atoms with van der Waals surface area (Å²) in [5, 5.41) is 27.5. The van der Waals surface area contributed by atoms with Gasteiger partial charge in [-0.25, -0.2) is 20.1 Å². The highest BCUT2D eigenvalue weighted by atomic mass is 35.5. The predicted molar refractivity (Wildman–Crippen MR) is 166 cm³/mol. The number of nitrogens with zero attached hydrogens (tertiary/aromatic N) is 6. The van der Waals surface area contributed by atoms with Crippen molar-refractivity contribution in [2.75, 3.05) is 27.2 Å². The number of benzene rings is 4. The van der Waals surface area contributed by atoms with Crippen LogP contribution in [0, 0.1) is 0 Å². The van der Waals surface area contributed by atoms with Crippen molar-refractivity contribution in [1.82, 2.24) is 10.1 Å². The lowest BCUT2D eigenvalue weighted by molar-refractivity contribution is -0.0121. The van der Waals surface area contributed by atoms with Crippen molar-refractivity contribution in [3.63, 3.8) is 0 Å². The van der Waals surface area contributed by atoms with Gasteiger partial charge in [0.25, 0.3) is 0 Å². The molecule has 4 aromatic rings. The number of hydrogen-bond donors (Lipinski definition) is 2. The second-order valence-electron chi connectivity index (χ2n) is 9.37. The fraction of sp³-hybridized carbons (Fsp3) is 0.125. The Kier molecular flexibility index (Phi) is 9.09. The van der Waals surface area contributed by atoms with Crippen molar-refractivity contribution >= 4 is 46.3 Å². The van der Waals surface area contributed by atoms with Crippen molar-refractivity contribution < 1.29 is 10.4 Å². The van der Waals surface area contributed by atoms with E-state index in [1.165, 1.54) is 10.1 Å². The Morgan fingerprint density at radius 1 is 0.595 bits per heavy atom. The molecule has 6 rings (SSSR count). The van der Waals surface area contributed by atoms with Crippen molar-refractivity contribution in [2.45, 2.75) is 0 Å². The molecule has 0 aromatic heterocycles. The summed E-state index contributed by atoms with van der Waals surface area (Å²) in [5.41, 5.74) is 3.15. The van der Waals surface area contributed by atoms with E-state index in [0.717, 1.165) is 32.3 Å². The van der Waals surface area contributed by atoms with Crippen LogP contribution in [0.3, 0.4) is 0 Å². The van der Waals surface area contributed by atoms with E-state index in [9.17, 15) is 10.4 Å². The highest BCUT2D eigenvalue weighted by molar-refractivity contribution is 6.30. The minimum atomic E-state index is 0.229. The van der Waals surface area contributed by atoms with Crippen LogP contribution in [0.2, 0.25) is 10.0 Å². The molecule has 2 aliphatic heterocycles. The molecule has 2 heterocycles. The highest BCUT2D eigenvalue weighted by Crippen LogP contribution is 2.17. The van der Waals surface area contributed by atoms with Gasteiger partial charge in [0.1, 0.15) is 24.8 Å². The van der Waals surface area contributed by atoms with Crippen molar-refractivity contribution in [3.05, 3.63) is 139 Å². The lowest BCUT2D eigenvalue weighted by Crippen LogP contribution is -2.31. The summed E-state index contributed by atoms with van der Waals surface area (Å²) >= 11 is 12.2. The molecule has 0 amide bonds. The van der Waals surface area contributed by atoms with Gasteiger partial charge in [0.05, 0.1) is 22.1 Å². The maximum Gasteiger partial charge on any atom is 0.145 e. The zero-order valence-electron chi connectivity index (χ0n) is 23.0. The average molecular weight is 600 g/mol. The summed E-state index contributed by atoms with van der Waals surface area (Å²) in [6.45, 7) is 0.458. The smallest absolute Gasteiger partial charge is 0.145 e. The molecular weight excluding hydrogens is 571 g/mol. The standard InChI is InChI=1S/2C16H14ClN3O/c2*1-18-15-10-20(21)16(11-5-3-2-4-6-11)13-9-12(17)7-8-14(13)19-15/h2*2-9,21H,10H2,1H3. The largest absolute Gasteiger partial charge is 0.288 e. The molecule has 0 aliphatic carbocycles. The van der Waals surface area contributed by atoms with E-state index >= 15 is 0 Å². The van der Waals surface area contributed by atoms with Crippen LogP contribution >= 0.6 is 23.2 Å². The molecule has 0 radical (unpaired) electrons. The van der Waals surface area contributed by atoms with E-state index in [1.807, 2.05) is 84.9 Å². The Bertz CT molecular complexity index is 1770. The molecule has 4 aromatic carbocycles. The molecule has 2 N–H and O–H groups in total. The lowest BCUT2D eigenvalue weighted by atomic mass is 10.1. The molecule has 0 saturated carbocycles. The Labute approximate surface area is 252 Å². The fourth-order valence-electron chi connectivity index (χ4n) is 4.69. The van der Waals surface area contributed by atoms with Crippen molar-refractivity contribution in [3.8, 4) is 0 Å². The first-order valence-electron chi connectivity index (χ1n) is 13.1. The zero-order valence-corrected chi connectivity index (χ0v) is 24.5. The normalized spacial score (nSPS) is 16.4. The van der Waals surface area contributed by atoms with Crippen LogP contribution < -0.4 is 21.2 Å². The van der Waals surface area contributed by atoms with Crippen LogP contribution in [0.1, 0.15) is 11.1 Å². The molecular formula is C32H28Cl2N6O2. The molecule has 0 fully saturated rings. The number of rotatable bonds is 2. The predicted octanol–water partition coefficient (Wildman–Crippen LogP) is 3.70. The van der Waals surface area contributed by atoms with E-state index in [2.05, 4.69) is 20.0 Å². The van der Waals surface area contributed by atoms with Crippen LogP contribution in [0.5, 0.6) is 0 Å². The Morgan fingerprint density at radius 2 is 0.976 bits per heavy atom. The second-order valence-corrected chi connectivity index (χ2v) is 10.2. The van der Waals surface area contributed by atoms with Gasteiger partial charge in [0.2, 0.25) is 0 Å². The molecule has 0 unspecified atom stereocenters. The summed E-state index contributed by atoms with van der Waals surface area (Å²) in [4.78, 5) is 17.2. The summed E-state index contributed by atoms with van der Waals surface area (Å²) in [7, 11) is 3.32. The first-order valence-corrected chi connectivity index (χ1v) is 13.9. The summed E-state index contributed by atoms with van der Waals surface area (Å²) < 4.78 is 0. The molecule has 42 heavy (non-hydrogen) atoms. The third kappa shape index (κ3) is 6.42. The maximum atomic E-state index is 10.5. The summed E-state index contributed by atoms with van der Waals surface area (Å²) in [6.07, 6.45) is 0. The molecule has 2 aliphatic rings. The van der Waals surface area contributed by atoms with Gasteiger partial charge in [0.15, 0.2) is 0 Å². The van der Waals surface area contributed by atoms with Gasteiger partial charge in [-0.2, -0.15) is 0 Å². The lowest BCUT2D eigenvalue weighted by Gasteiger charge is -2.19. The van der Waals surface area contributed by atoms with Gasteiger partial charge in [-0.1, -0.05) is 83.9 Å². The first kappa shape index (κ1) is 29.2. The van der Waals surface area contributed by atoms with Gasteiger partial charge in [-0.3, -0.25) is 20.4 Å².